The molecule has 0 aromatic carbocycles. The van der Waals surface area contributed by atoms with Gasteiger partial charge in [-0.15, -0.1) is 0 Å². The summed E-state index contributed by atoms with van der Waals surface area (Å²) < 4.78 is 6.20. The topological polar surface area (TPSA) is 69.9 Å². The molecule has 0 rings (SSSR count). The van der Waals surface area contributed by atoms with E-state index in [2.05, 4.69) is 0 Å². The van der Waals surface area contributed by atoms with Crippen LogP contribution in [0, 0.1) is 10.8 Å². The van der Waals surface area contributed by atoms with Gasteiger partial charge in [-0.2, -0.15) is 0 Å². The van der Waals surface area contributed by atoms with Gasteiger partial charge in [-0.3, -0.25) is 0 Å². The van der Waals surface area contributed by atoms with Crippen LogP contribution in [0.1, 0.15) is 54.4 Å². The molecule has 1 atom stereocenters. The van der Waals surface area contributed by atoms with Crippen molar-refractivity contribution in [1.82, 2.24) is 0 Å². The Morgan fingerprint density at radius 2 is 1.26 bits per heavy atom. The molecule has 0 fully saturated rings. The van der Waals surface area contributed by atoms with Crippen LogP contribution >= 0.6 is 0 Å². The number of rotatable bonds is 9. The van der Waals surface area contributed by atoms with E-state index in [9.17, 15) is 15.3 Å². The largest absolute Gasteiger partial charge is 0.396 e. The first kappa shape index (κ1) is 18.8. The fraction of sp³-hybridized carbons (Fsp3) is 1.00. The van der Waals surface area contributed by atoms with Crippen molar-refractivity contribution in [1.29, 1.82) is 0 Å². The van der Waals surface area contributed by atoms with Crippen molar-refractivity contribution < 1.29 is 20.1 Å². The highest BCUT2D eigenvalue weighted by Crippen LogP contribution is 2.41. The molecule has 4 nitrogen and oxygen atoms in total. The molecule has 0 spiro atoms. The van der Waals surface area contributed by atoms with Crippen LogP contribution in [0.25, 0.3) is 0 Å². The molecule has 19 heavy (non-hydrogen) atoms. The van der Waals surface area contributed by atoms with Gasteiger partial charge in [-0.25, -0.2) is 0 Å². The first-order valence-electron chi connectivity index (χ1n) is 7.15. The fourth-order valence-electron chi connectivity index (χ4n) is 2.10. The average molecular weight is 276 g/mol. The molecule has 0 aliphatic heterocycles. The third-order valence-electron chi connectivity index (χ3n) is 4.41. The molecule has 0 saturated heterocycles. The highest BCUT2D eigenvalue weighted by Gasteiger charge is 2.48. The Labute approximate surface area is 117 Å². The molecule has 0 radical (unpaired) electrons. The van der Waals surface area contributed by atoms with E-state index in [1.165, 1.54) is 0 Å². The summed E-state index contributed by atoms with van der Waals surface area (Å²) in [7, 11) is 0. The molecule has 0 bridgehead atoms. The molecular formula is C15H32O4. The summed E-state index contributed by atoms with van der Waals surface area (Å²) in [6.45, 7) is 11.2. The van der Waals surface area contributed by atoms with Gasteiger partial charge in [0.2, 0.25) is 0 Å². The molecule has 4 heteroatoms. The van der Waals surface area contributed by atoms with E-state index in [4.69, 9.17) is 4.74 Å². The van der Waals surface area contributed by atoms with Crippen molar-refractivity contribution in [2.45, 2.75) is 66.1 Å². The van der Waals surface area contributed by atoms with Crippen LogP contribution < -0.4 is 0 Å². The average Bonchev–Trinajstić information content (AvgIpc) is 2.40. The van der Waals surface area contributed by atoms with Gasteiger partial charge >= 0.3 is 0 Å². The van der Waals surface area contributed by atoms with Crippen molar-refractivity contribution in [3.05, 3.63) is 0 Å². The third kappa shape index (κ3) is 4.42. The van der Waals surface area contributed by atoms with Crippen LogP contribution in [0.3, 0.4) is 0 Å². The molecule has 0 aromatic heterocycles. The molecule has 0 amide bonds. The summed E-state index contributed by atoms with van der Waals surface area (Å²) in [5, 5.41) is 29.0. The summed E-state index contributed by atoms with van der Waals surface area (Å²) in [4.78, 5) is 0. The lowest BCUT2D eigenvalue weighted by Gasteiger charge is -2.48. The second-order valence-corrected chi connectivity index (χ2v) is 6.79. The summed E-state index contributed by atoms with van der Waals surface area (Å²) in [5.74, 6) is 0. The molecule has 0 aliphatic rings. The second kappa shape index (κ2) is 7.02. The normalized spacial score (nSPS) is 15.6. The van der Waals surface area contributed by atoms with Gasteiger partial charge in [0.1, 0.15) is 0 Å². The maximum absolute atomic E-state index is 9.68. The Balaban J connectivity index is 5.51. The van der Waals surface area contributed by atoms with Crippen LogP contribution in [0.5, 0.6) is 0 Å². The minimum Gasteiger partial charge on any atom is -0.396 e. The summed E-state index contributed by atoms with van der Waals surface area (Å²) in [5.41, 5.74) is -1.63. The molecule has 0 heterocycles. The lowest BCUT2D eigenvalue weighted by Crippen LogP contribution is -2.55. The number of ether oxygens (including phenoxy) is 1. The van der Waals surface area contributed by atoms with Gasteiger partial charge < -0.3 is 20.1 Å². The van der Waals surface area contributed by atoms with Crippen molar-refractivity contribution in [3.63, 3.8) is 0 Å². The molecule has 3 N–H and O–H groups in total. The van der Waals surface area contributed by atoms with Crippen molar-refractivity contribution in [3.8, 4) is 0 Å². The molecular weight excluding hydrogens is 244 g/mol. The lowest BCUT2D eigenvalue weighted by atomic mass is 9.69. The van der Waals surface area contributed by atoms with E-state index in [1.54, 1.807) is 0 Å². The zero-order valence-electron chi connectivity index (χ0n) is 13.4. The summed E-state index contributed by atoms with van der Waals surface area (Å²) >= 11 is 0. The van der Waals surface area contributed by atoms with Gasteiger partial charge in [0, 0.05) is 0 Å². The Bertz CT molecular complexity index is 249. The number of aliphatic hydroxyl groups excluding tert-OH is 3. The number of hydrogen-bond donors (Lipinski definition) is 3. The van der Waals surface area contributed by atoms with E-state index in [-0.39, 0.29) is 30.8 Å². The first-order valence-corrected chi connectivity index (χ1v) is 7.15. The van der Waals surface area contributed by atoms with Crippen LogP contribution in [-0.2, 0) is 4.74 Å². The Hall–Kier alpha value is -0.160. The Morgan fingerprint density at radius 3 is 1.53 bits per heavy atom. The second-order valence-electron chi connectivity index (χ2n) is 6.79. The van der Waals surface area contributed by atoms with Gasteiger partial charge in [0.25, 0.3) is 0 Å². The van der Waals surface area contributed by atoms with E-state index >= 15 is 0 Å². The van der Waals surface area contributed by atoms with Crippen LogP contribution in [0.15, 0.2) is 0 Å². The Kier molecular flexibility index (Phi) is 6.96. The number of aliphatic hydroxyl groups is 3. The van der Waals surface area contributed by atoms with Crippen LogP contribution in [0.4, 0.5) is 0 Å². The van der Waals surface area contributed by atoms with Crippen LogP contribution in [-0.4, -0.2) is 46.8 Å². The minimum absolute atomic E-state index is 0.249. The third-order valence-corrected chi connectivity index (χ3v) is 4.41. The quantitative estimate of drug-likeness (QED) is 0.602. The van der Waals surface area contributed by atoms with E-state index in [1.807, 2.05) is 41.5 Å². The highest BCUT2D eigenvalue weighted by molar-refractivity contribution is 4.96. The SMILES string of the molecule is CCC(C)(C)OC(C(C)(C)CC)C(CO)(CO)CO. The van der Waals surface area contributed by atoms with Crippen molar-refractivity contribution in [2.24, 2.45) is 10.8 Å². The molecule has 0 aromatic rings. The molecule has 116 valence electrons. The zero-order chi connectivity index (χ0) is 15.3. The monoisotopic (exact) mass is 276 g/mol. The maximum Gasteiger partial charge on any atom is 0.0755 e. The molecule has 0 saturated carbocycles. The van der Waals surface area contributed by atoms with Gasteiger partial charge in [0.15, 0.2) is 0 Å². The van der Waals surface area contributed by atoms with Gasteiger partial charge in [-0.1, -0.05) is 27.7 Å². The molecule has 0 aliphatic carbocycles. The van der Waals surface area contributed by atoms with Gasteiger partial charge in [0.05, 0.1) is 36.9 Å². The van der Waals surface area contributed by atoms with E-state index in [0.717, 1.165) is 12.8 Å². The van der Waals surface area contributed by atoms with E-state index < -0.39 is 11.5 Å². The zero-order valence-corrected chi connectivity index (χ0v) is 13.4. The smallest absolute Gasteiger partial charge is 0.0755 e. The summed E-state index contributed by atoms with van der Waals surface area (Å²) in [6.07, 6.45) is 1.24. The highest BCUT2D eigenvalue weighted by atomic mass is 16.5. The number of hydrogen-bond acceptors (Lipinski definition) is 4. The summed E-state index contributed by atoms with van der Waals surface area (Å²) in [6, 6.07) is 0. The standard InChI is InChI=1S/C15H32O4/c1-7-13(3,4)12(19-14(5,6)8-2)15(9-16,10-17)11-18/h12,16-18H,7-11H2,1-6H3. The van der Waals surface area contributed by atoms with Crippen molar-refractivity contribution >= 4 is 0 Å². The molecule has 1 unspecified atom stereocenters. The van der Waals surface area contributed by atoms with E-state index in [0.29, 0.717) is 0 Å². The lowest BCUT2D eigenvalue weighted by molar-refractivity contribution is -0.205. The Morgan fingerprint density at radius 1 is 0.842 bits per heavy atom. The minimum atomic E-state index is -1.02. The first-order chi connectivity index (χ1) is 8.64. The predicted molar refractivity (Wildman–Crippen MR) is 77.0 cm³/mol. The van der Waals surface area contributed by atoms with Crippen LogP contribution in [0.2, 0.25) is 0 Å². The maximum atomic E-state index is 9.68. The van der Waals surface area contributed by atoms with Gasteiger partial charge in [-0.05, 0) is 32.1 Å². The predicted octanol–water partition coefficient (Wildman–Crippen LogP) is 1.96. The fourth-order valence-corrected chi connectivity index (χ4v) is 2.10. The van der Waals surface area contributed by atoms with Crippen molar-refractivity contribution in [2.75, 3.05) is 19.8 Å².